The van der Waals surface area contributed by atoms with E-state index in [9.17, 15) is 4.39 Å². The Kier molecular flexibility index (Phi) is 2.79. The van der Waals surface area contributed by atoms with Gasteiger partial charge in [0, 0.05) is 15.8 Å². The summed E-state index contributed by atoms with van der Waals surface area (Å²) < 4.78 is 13.0. The van der Waals surface area contributed by atoms with Crippen LogP contribution >= 0.6 is 24.2 Å². The molecule has 0 N–H and O–H groups in total. The van der Waals surface area contributed by atoms with Crippen LogP contribution in [0.15, 0.2) is 18.2 Å². The molecule has 0 saturated heterocycles. The van der Waals surface area contributed by atoms with Crippen molar-refractivity contribution in [3.63, 3.8) is 0 Å². The van der Waals surface area contributed by atoms with Gasteiger partial charge >= 0.3 is 0 Å². The van der Waals surface area contributed by atoms with E-state index in [1.807, 2.05) is 0 Å². The first-order valence-electron chi connectivity index (χ1n) is 3.25. The average molecular weight is 191 g/mol. The predicted octanol–water partition coefficient (Wildman–Crippen LogP) is 3.47. The van der Waals surface area contributed by atoms with Crippen molar-refractivity contribution < 1.29 is 4.39 Å². The maximum atomic E-state index is 13.0. The highest BCUT2D eigenvalue weighted by Crippen LogP contribution is 2.28. The number of rotatable bonds is 1. The lowest BCUT2D eigenvalue weighted by atomic mass is 10.1. The smallest absolute Gasteiger partial charge is 0.128 e. The van der Waals surface area contributed by atoms with Crippen LogP contribution in [0.25, 0.3) is 0 Å². The van der Waals surface area contributed by atoms with E-state index in [0.29, 0.717) is 10.6 Å². The quantitative estimate of drug-likeness (QED) is 0.645. The summed E-state index contributed by atoms with van der Waals surface area (Å²) >= 11 is 9.84. The summed E-state index contributed by atoms with van der Waals surface area (Å²) in [6.45, 7) is 1.79. The molecule has 0 fully saturated rings. The molecule has 0 aliphatic heterocycles. The molecule has 1 unspecified atom stereocenters. The van der Waals surface area contributed by atoms with Crippen molar-refractivity contribution in [3.8, 4) is 0 Å². The second kappa shape index (κ2) is 3.46. The normalized spacial score (nSPS) is 13.1. The van der Waals surface area contributed by atoms with E-state index in [1.165, 1.54) is 6.07 Å². The Hall–Kier alpha value is -0.210. The molecule has 3 heteroatoms. The number of benzene rings is 1. The summed E-state index contributed by atoms with van der Waals surface area (Å²) in [7, 11) is 0. The van der Waals surface area contributed by atoms with Gasteiger partial charge in [0.2, 0.25) is 0 Å². The minimum absolute atomic E-state index is 0.163. The molecule has 0 heterocycles. The van der Waals surface area contributed by atoms with Gasteiger partial charge in [-0.05, 0) is 19.1 Å². The molecule has 0 amide bonds. The maximum Gasteiger partial charge on any atom is 0.128 e. The highest BCUT2D eigenvalue weighted by Gasteiger charge is 2.10. The summed E-state index contributed by atoms with van der Waals surface area (Å²) in [6, 6.07) is 4.62. The average Bonchev–Trinajstić information content (AvgIpc) is 1.85. The highest BCUT2D eigenvalue weighted by atomic mass is 35.5. The third kappa shape index (κ3) is 1.88. The van der Waals surface area contributed by atoms with Crippen molar-refractivity contribution in [3.05, 3.63) is 34.6 Å². The van der Waals surface area contributed by atoms with Crippen LogP contribution in [0.5, 0.6) is 0 Å². The van der Waals surface area contributed by atoms with Crippen molar-refractivity contribution in [2.45, 2.75) is 12.2 Å². The molecule has 0 saturated carbocycles. The maximum absolute atomic E-state index is 13.0. The fourth-order valence-corrected chi connectivity index (χ4v) is 1.57. The molecule has 0 aliphatic carbocycles. The van der Waals surface area contributed by atoms with Gasteiger partial charge in [0.05, 0.1) is 0 Å². The van der Waals surface area contributed by atoms with Crippen LogP contribution < -0.4 is 0 Å². The fourth-order valence-electron chi connectivity index (χ4n) is 0.910. The zero-order valence-corrected chi connectivity index (χ0v) is 7.66. The lowest BCUT2D eigenvalue weighted by Crippen LogP contribution is -1.91. The Morgan fingerprint density at radius 2 is 2.18 bits per heavy atom. The largest absolute Gasteiger partial charge is 0.207 e. The Balaban J connectivity index is 3.21. The molecular weight excluding hydrogens is 183 g/mol. The van der Waals surface area contributed by atoms with Gasteiger partial charge in [-0.15, -0.1) is 0 Å². The van der Waals surface area contributed by atoms with Crippen LogP contribution in [0, 0.1) is 5.82 Å². The van der Waals surface area contributed by atoms with E-state index in [4.69, 9.17) is 11.6 Å². The molecule has 0 aromatic heterocycles. The van der Waals surface area contributed by atoms with E-state index >= 15 is 0 Å². The lowest BCUT2D eigenvalue weighted by molar-refractivity contribution is 0.611. The van der Waals surface area contributed by atoms with Crippen LogP contribution in [0.3, 0.4) is 0 Å². The van der Waals surface area contributed by atoms with Crippen LogP contribution in [0.2, 0.25) is 5.02 Å². The minimum Gasteiger partial charge on any atom is -0.207 e. The fraction of sp³-hybridized carbons (Fsp3) is 0.250. The first-order valence-corrected chi connectivity index (χ1v) is 4.14. The van der Waals surface area contributed by atoms with E-state index in [1.54, 1.807) is 19.1 Å². The van der Waals surface area contributed by atoms with Gasteiger partial charge in [0.15, 0.2) is 0 Å². The van der Waals surface area contributed by atoms with E-state index < -0.39 is 0 Å². The van der Waals surface area contributed by atoms with Gasteiger partial charge in [0.1, 0.15) is 5.82 Å². The molecule has 1 rings (SSSR count). The third-order valence-electron chi connectivity index (χ3n) is 1.42. The van der Waals surface area contributed by atoms with Gasteiger partial charge in [-0.1, -0.05) is 17.7 Å². The van der Waals surface area contributed by atoms with Gasteiger partial charge in [-0.25, -0.2) is 4.39 Å². The summed E-state index contributed by atoms with van der Waals surface area (Å²) in [4.78, 5) is 0. The Morgan fingerprint density at radius 3 is 2.55 bits per heavy atom. The number of hydrogen-bond acceptors (Lipinski definition) is 1. The molecule has 0 spiro atoms. The highest BCUT2D eigenvalue weighted by molar-refractivity contribution is 7.80. The van der Waals surface area contributed by atoms with Gasteiger partial charge in [0.25, 0.3) is 0 Å². The molecule has 0 aliphatic rings. The van der Waals surface area contributed by atoms with Gasteiger partial charge in [-0.2, -0.15) is 12.6 Å². The molecule has 1 atom stereocenters. The zero-order valence-electron chi connectivity index (χ0n) is 6.01. The second-order valence-corrected chi connectivity index (χ2v) is 3.49. The zero-order chi connectivity index (χ0) is 8.43. The number of hydrogen-bond donors (Lipinski definition) is 1. The monoisotopic (exact) mass is 190 g/mol. The number of halogens is 2. The van der Waals surface area contributed by atoms with Crippen molar-refractivity contribution in [2.24, 2.45) is 0 Å². The first-order chi connectivity index (χ1) is 5.13. The summed E-state index contributed by atoms with van der Waals surface area (Å²) in [5.41, 5.74) is 0.470. The Morgan fingerprint density at radius 1 is 1.55 bits per heavy atom. The SMILES string of the molecule is CC(S)c1c(F)cccc1Cl. The molecule has 60 valence electrons. The van der Waals surface area contributed by atoms with Crippen LogP contribution in [0.4, 0.5) is 4.39 Å². The Labute approximate surface area is 75.8 Å². The molecule has 0 nitrogen and oxygen atoms in total. The van der Waals surface area contributed by atoms with Crippen LogP contribution in [-0.4, -0.2) is 0 Å². The standard InChI is InChI=1S/C8H8ClFS/c1-5(11)8-6(9)3-2-4-7(8)10/h2-5,11H,1H3. The Bertz CT molecular complexity index is 240. The van der Waals surface area contributed by atoms with Gasteiger partial charge in [-0.3, -0.25) is 0 Å². The lowest BCUT2D eigenvalue weighted by Gasteiger charge is -2.07. The van der Waals surface area contributed by atoms with Crippen molar-refractivity contribution in [1.29, 1.82) is 0 Å². The molecule has 11 heavy (non-hydrogen) atoms. The molecular formula is C8H8ClFS. The minimum atomic E-state index is -0.292. The number of thiol groups is 1. The van der Waals surface area contributed by atoms with Crippen LogP contribution in [0.1, 0.15) is 17.7 Å². The van der Waals surface area contributed by atoms with Crippen molar-refractivity contribution >= 4 is 24.2 Å². The summed E-state index contributed by atoms with van der Waals surface area (Å²) in [6.07, 6.45) is 0. The van der Waals surface area contributed by atoms with Crippen molar-refractivity contribution in [1.82, 2.24) is 0 Å². The second-order valence-electron chi connectivity index (χ2n) is 2.31. The molecule has 1 aromatic rings. The van der Waals surface area contributed by atoms with E-state index in [2.05, 4.69) is 12.6 Å². The van der Waals surface area contributed by atoms with Crippen molar-refractivity contribution in [2.75, 3.05) is 0 Å². The summed E-state index contributed by atoms with van der Waals surface area (Å²) in [5, 5.41) is 0.274. The van der Waals surface area contributed by atoms with E-state index in [-0.39, 0.29) is 11.1 Å². The molecule has 0 bridgehead atoms. The first kappa shape index (κ1) is 8.88. The summed E-state index contributed by atoms with van der Waals surface area (Å²) in [5.74, 6) is -0.292. The van der Waals surface area contributed by atoms with E-state index in [0.717, 1.165) is 0 Å². The molecule has 1 aromatic carbocycles. The third-order valence-corrected chi connectivity index (χ3v) is 2.01. The van der Waals surface area contributed by atoms with Crippen LogP contribution in [-0.2, 0) is 0 Å². The topological polar surface area (TPSA) is 0 Å². The van der Waals surface area contributed by atoms with Gasteiger partial charge < -0.3 is 0 Å². The molecule has 0 radical (unpaired) electrons. The predicted molar refractivity (Wildman–Crippen MR) is 48.8 cm³/mol.